The van der Waals surface area contributed by atoms with Crippen LogP contribution in [0.4, 0.5) is 0 Å². The van der Waals surface area contributed by atoms with E-state index in [1.54, 1.807) is 18.2 Å². The first-order chi connectivity index (χ1) is 14.9. The highest BCUT2D eigenvalue weighted by Crippen LogP contribution is 2.29. The molecule has 4 rings (SSSR count). The number of ether oxygens (including phenoxy) is 2. The minimum atomic E-state index is -0.228. The summed E-state index contributed by atoms with van der Waals surface area (Å²) in [6, 6.07) is 8.89. The first-order valence-corrected chi connectivity index (χ1v) is 10.4. The number of carbonyl (C=O) groups is 1. The first kappa shape index (κ1) is 20.9. The van der Waals surface area contributed by atoms with Gasteiger partial charge in [-0.05, 0) is 60.1 Å². The monoisotopic (exact) mass is 484 g/mol. The summed E-state index contributed by atoms with van der Waals surface area (Å²) in [6.07, 6.45) is 3.80. The molecule has 1 amide bonds. The maximum absolute atomic E-state index is 12.6. The number of carbonyl (C=O) groups excluding carboxylic acids is 1. The average molecular weight is 485 g/mol. The van der Waals surface area contributed by atoms with Crippen LogP contribution in [0, 0.1) is 13.8 Å². The van der Waals surface area contributed by atoms with Crippen LogP contribution >= 0.6 is 15.9 Å². The molecule has 0 aliphatic heterocycles. The van der Waals surface area contributed by atoms with E-state index in [1.165, 1.54) is 7.11 Å². The molecule has 0 fully saturated rings. The van der Waals surface area contributed by atoms with E-state index in [9.17, 15) is 4.79 Å². The van der Waals surface area contributed by atoms with E-state index < -0.39 is 0 Å². The van der Waals surface area contributed by atoms with Crippen LogP contribution in [-0.2, 0) is 13.2 Å². The molecule has 0 aliphatic carbocycles. The number of aromatic nitrogens is 3. The van der Waals surface area contributed by atoms with Gasteiger partial charge in [-0.3, -0.25) is 4.79 Å². The normalized spacial score (nSPS) is 11.0. The molecule has 0 unspecified atom stereocenters. The number of halogens is 1. The zero-order valence-corrected chi connectivity index (χ0v) is 18.9. The molecule has 4 aromatic rings. The van der Waals surface area contributed by atoms with Gasteiger partial charge >= 0.3 is 0 Å². The van der Waals surface area contributed by atoms with E-state index in [4.69, 9.17) is 14.0 Å². The Morgan fingerprint density at radius 3 is 2.77 bits per heavy atom. The number of nitrogens with zero attached hydrogens (tertiary/aromatic N) is 3. The molecule has 0 bridgehead atoms. The highest BCUT2D eigenvalue weighted by Gasteiger charge is 2.14. The molecule has 0 spiro atoms. The third-order valence-corrected chi connectivity index (χ3v) is 5.34. The number of fused-ring (bicyclic) bond motifs is 1. The fraction of sp³-hybridized carbons (Fsp3) is 0.227. The van der Waals surface area contributed by atoms with E-state index in [1.807, 2.05) is 42.8 Å². The van der Waals surface area contributed by atoms with Crippen LogP contribution < -0.4 is 14.8 Å². The molecular weight excluding hydrogens is 464 g/mol. The summed E-state index contributed by atoms with van der Waals surface area (Å²) in [4.78, 5) is 17.1. The van der Waals surface area contributed by atoms with Gasteiger partial charge in [0, 0.05) is 22.4 Å². The molecule has 0 saturated heterocycles. The zero-order valence-electron chi connectivity index (χ0n) is 17.3. The molecular formula is C22H21BrN4O4. The fourth-order valence-electron chi connectivity index (χ4n) is 3.16. The molecule has 3 aromatic heterocycles. The van der Waals surface area contributed by atoms with Gasteiger partial charge in [0.1, 0.15) is 18.0 Å². The maximum Gasteiger partial charge on any atom is 0.251 e. The van der Waals surface area contributed by atoms with Crippen molar-refractivity contribution in [1.29, 1.82) is 0 Å². The molecule has 0 aliphatic rings. The van der Waals surface area contributed by atoms with Gasteiger partial charge in [0.05, 0.1) is 30.6 Å². The number of pyridine rings is 1. The van der Waals surface area contributed by atoms with Crippen LogP contribution in [0.2, 0.25) is 0 Å². The number of rotatable bonds is 7. The second kappa shape index (κ2) is 8.81. The van der Waals surface area contributed by atoms with Gasteiger partial charge in [-0.1, -0.05) is 5.16 Å². The third-order valence-electron chi connectivity index (χ3n) is 4.87. The van der Waals surface area contributed by atoms with Gasteiger partial charge in [-0.25, -0.2) is 4.98 Å². The summed E-state index contributed by atoms with van der Waals surface area (Å²) in [5, 5.41) is 6.81. The minimum Gasteiger partial charge on any atom is -0.493 e. The van der Waals surface area contributed by atoms with Crippen molar-refractivity contribution in [2.75, 3.05) is 7.11 Å². The molecule has 0 atom stereocenters. The Morgan fingerprint density at radius 2 is 2.03 bits per heavy atom. The van der Waals surface area contributed by atoms with Crippen LogP contribution in [0.25, 0.3) is 5.65 Å². The molecule has 1 aromatic carbocycles. The lowest BCUT2D eigenvalue weighted by molar-refractivity contribution is 0.0950. The molecule has 1 N–H and O–H groups in total. The third kappa shape index (κ3) is 4.56. The van der Waals surface area contributed by atoms with Crippen LogP contribution in [0.15, 0.2) is 51.7 Å². The van der Waals surface area contributed by atoms with Crippen molar-refractivity contribution < 1.29 is 18.8 Å². The van der Waals surface area contributed by atoms with E-state index in [2.05, 4.69) is 31.4 Å². The minimum absolute atomic E-state index is 0.228. The fourth-order valence-corrected chi connectivity index (χ4v) is 3.51. The summed E-state index contributed by atoms with van der Waals surface area (Å²) < 4.78 is 19.3. The van der Waals surface area contributed by atoms with Crippen LogP contribution in [-0.4, -0.2) is 27.6 Å². The molecule has 0 radical (unpaired) electrons. The van der Waals surface area contributed by atoms with E-state index >= 15 is 0 Å². The lowest BCUT2D eigenvalue weighted by Gasteiger charge is -2.12. The van der Waals surface area contributed by atoms with Gasteiger partial charge in [-0.2, -0.15) is 0 Å². The Kier molecular flexibility index (Phi) is 5.94. The first-order valence-electron chi connectivity index (χ1n) is 9.58. The Morgan fingerprint density at radius 1 is 1.19 bits per heavy atom. The smallest absolute Gasteiger partial charge is 0.251 e. The summed E-state index contributed by atoms with van der Waals surface area (Å²) in [7, 11) is 1.54. The van der Waals surface area contributed by atoms with Gasteiger partial charge in [0.2, 0.25) is 0 Å². The predicted molar refractivity (Wildman–Crippen MR) is 117 cm³/mol. The maximum atomic E-state index is 12.6. The summed E-state index contributed by atoms with van der Waals surface area (Å²) in [5.74, 6) is 1.49. The summed E-state index contributed by atoms with van der Waals surface area (Å²) >= 11 is 3.43. The zero-order chi connectivity index (χ0) is 22.0. The van der Waals surface area contributed by atoms with Crippen molar-refractivity contribution in [2.24, 2.45) is 0 Å². The highest BCUT2D eigenvalue weighted by atomic mass is 79.9. The van der Waals surface area contributed by atoms with Crippen LogP contribution in [0.1, 0.15) is 33.1 Å². The largest absolute Gasteiger partial charge is 0.493 e. The number of hydrogen-bond acceptors (Lipinski definition) is 6. The number of hydrogen-bond donors (Lipinski definition) is 1. The van der Waals surface area contributed by atoms with Crippen LogP contribution in [0.5, 0.6) is 11.5 Å². The Bertz CT molecular complexity index is 1230. The Labute approximate surface area is 187 Å². The number of nitrogens with one attached hydrogen (secondary N) is 1. The van der Waals surface area contributed by atoms with E-state index in [0.717, 1.165) is 27.1 Å². The molecule has 0 saturated carbocycles. The lowest BCUT2D eigenvalue weighted by Crippen LogP contribution is -2.23. The summed E-state index contributed by atoms with van der Waals surface area (Å²) in [5.41, 5.74) is 3.72. The van der Waals surface area contributed by atoms with Crippen molar-refractivity contribution in [3.05, 3.63) is 75.5 Å². The Balaban J connectivity index is 1.42. The predicted octanol–water partition coefficient (Wildman–Crippen LogP) is 4.22. The van der Waals surface area contributed by atoms with Crippen LogP contribution in [0.3, 0.4) is 0 Å². The van der Waals surface area contributed by atoms with Gasteiger partial charge in [-0.15, -0.1) is 0 Å². The molecule has 3 heterocycles. The number of amides is 1. The van der Waals surface area contributed by atoms with Gasteiger partial charge < -0.3 is 23.7 Å². The average Bonchev–Trinajstić information content (AvgIpc) is 3.32. The van der Waals surface area contributed by atoms with E-state index in [0.29, 0.717) is 36.0 Å². The highest BCUT2D eigenvalue weighted by molar-refractivity contribution is 9.10. The van der Waals surface area contributed by atoms with Crippen molar-refractivity contribution in [3.8, 4) is 11.5 Å². The van der Waals surface area contributed by atoms with Gasteiger partial charge in [0.25, 0.3) is 5.91 Å². The molecule has 160 valence electrons. The summed E-state index contributed by atoms with van der Waals surface area (Å²) in [6.45, 7) is 4.31. The van der Waals surface area contributed by atoms with Crippen molar-refractivity contribution in [2.45, 2.75) is 27.0 Å². The second-order valence-corrected chi connectivity index (χ2v) is 7.90. The van der Waals surface area contributed by atoms with Crippen molar-refractivity contribution >= 4 is 27.5 Å². The van der Waals surface area contributed by atoms with Crippen molar-refractivity contribution in [1.82, 2.24) is 19.9 Å². The molecule has 8 nitrogen and oxygen atoms in total. The number of imidazole rings is 1. The Hall–Kier alpha value is -3.33. The number of aryl methyl sites for hydroxylation is 2. The lowest BCUT2D eigenvalue weighted by atomic mass is 10.2. The topological polar surface area (TPSA) is 90.9 Å². The van der Waals surface area contributed by atoms with Crippen molar-refractivity contribution in [3.63, 3.8) is 0 Å². The molecule has 9 heteroatoms. The number of benzene rings is 1. The SMILES string of the molecule is COc1cc(C(=O)NCc2cn3cc(Br)ccc3n2)ccc1OCc1c(C)noc1C. The van der Waals surface area contributed by atoms with Gasteiger partial charge in [0.15, 0.2) is 11.5 Å². The second-order valence-electron chi connectivity index (χ2n) is 6.98. The number of methoxy groups -OCH3 is 1. The quantitative estimate of drug-likeness (QED) is 0.422. The standard InChI is InChI=1S/C22H21BrN4O4/c1-13-18(14(2)31-26-13)12-30-19-6-4-15(8-20(19)29-3)22(28)24-9-17-11-27-10-16(23)5-7-21(27)25-17/h4-8,10-11H,9,12H2,1-3H3,(H,24,28). The molecule has 31 heavy (non-hydrogen) atoms. The van der Waals surface area contributed by atoms with E-state index in [-0.39, 0.29) is 5.91 Å².